The molecule has 1 aromatic heterocycles. The summed E-state index contributed by atoms with van der Waals surface area (Å²) in [6.45, 7) is 14.9. The van der Waals surface area contributed by atoms with Crippen molar-refractivity contribution in [1.82, 2.24) is 5.32 Å². The number of hydrogen-bond acceptors (Lipinski definition) is 5. The number of aryl methyl sites for hydroxylation is 2. The lowest BCUT2D eigenvalue weighted by molar-refractivity contribution is -0.146. The average molecular weight is 566 g/mol. The lowest BCUT2D eigenvalue weighted by Crippen LogP contribution is -2.36. The molecule has 0 fully saturated rings. The molecule has 7 heteroatoms. The van der Waals surface area contributed by atoms with Crippen LogP contribution in [0.25, 0.3) is 11.1 Å². The maximum Gasteiger partial charge on any atom is 0.334 e. The van der Waals surface area contributed by atoms with E-state index in [1.54, 1.807) is 6.07 Å². The van der Waals surface area contributed by atoms with Crippen molar-refractivity contribution in [2.45, 2.75) is 85.4 Å². The first kappa shape index (κ1) is 31.4. The van der Waals surface area contributed by atoms with Crippen LogP contribution in [0.4, 0.5) is 0 Å². The first-order chi connectivity index (χ1) is 18.8. The number of amides is 1. The van der Waals surface area contributed by atoms with Crippen molar-refractivity contribution >= 4 is 23.2 Å². The van der Waals surface area contributed by atoms with Gasteiger partial charge in [0.2, 0.25) is 0 Å². The molecule has 216 valence electrons. The van der Waals surface area contributed by atoms with Gasteiger partial charge in [-0.05, 0) is 90.1 Å². The third-order valence-corrected chi connectivity index (χ3v) is 8.16. The zero-order valence-electron chi connectivity index (χ0n) is 24.7. The fourth-order valence-electron chi connectivity index (χ4n) is 4.73. The molecular formula is C33H43NO5S. The summed E-state index contributed by atoms with van der Waals surface area (Å²) in [5.74, 6) is -0.404. The van der Waals surface area contributed by atoms with Crippen LogP contribution in [0.3, 0.4) is 0 Å². The normalized spacial score (nSPS) is 13.2. The number of aliphatic hydroxyl groups excluding tert-OH is 1. The Labute approximate surface area is 242 Å². The van der Waals surface area contributed by atoms with Gasteiger partial charge in [0.25, 0.3) is 5.91 Å². The van der Waals surface area contributed by atoms with Crippen LogP contribution in [0.5, 0.6) is 5.75 Å². The van der Waals surface area contributed by atoms with E-state index < -0.39 is 18.0 Å². The summed E-state index contributed by atoms with van der Waals surface area (Å²) in [6, 6.07) is 16.6. The number of ether oxygens (including phenoxy) is 1. The second-order valence-corrected chi connectivity index (χ2v) is 13.1. The molecule has 1 unspecified atom stereocenters. The molecule has 0 bridgehead atoms. The molecule has 3 rings (SSSR count). The SMILES string of the molecule is Cc1cc(OC(CCCC(C)C)c2ccc(C(=O)NC[C@@H](O)C(=O)O)s2)cc(C)c1-c1ccc(C(C)(C)C)cc1. The Morgan fingerprint density at radius 2 is 1.60 bits per heavy atom. The number of carboxylic acid groups (broad SMARTS) is 1. The molecular weight excluding hydrogens is 522 g/mol. The van der Waals surface area contributed by atoms with Gasteiger partial charge in [-0.15, -0.1) is 11.3 Å². The highest BCUT2D eigenvalue weighted by Gasteiger charge is 2.21. The number of aliphatic carboxylic acids is 1. The largest absolute Gasteiger partial charge is 0.485 e. The summed E-state index contributed by atoms with van der Waals surface area (Å²) in [5.41, 5.74) is 6.09. The second-order valence-electron chi connectivity index (χ2n) is 12.0. The number of carbonyl (C=O) groups excluding carboxylic acids is 1. The summed E-state index contributed by atoms with van der Waals surface area (Å²) < 4.78 is 6.58. The molecule has 1 amide bonds. The van der Waals surface area contributed by atoms with E-state index in [1.165, 1.54) is 28.0 Å². The Morgan fingerprint density at radius 3 is 2.15 bits per heavy atom. The van der Waals surface area contributed by atoms with Crippen molar-refractivity contribution in [3.05, 3.63) is 75.0 Å². The van der Waals surface area contributed by atoms with Crippen LogP contribution in [0, 0.1) is 19.8 Å². The zero-order chi connectivity index (χ0) is 29.6. The first-order valence-corrected chi connectivity index (χ1v) is 14.8. The topological polar surface area (TPSA) is 95.9 Å². The van der Waals surface area contributed by atoms with Gasteiger partial charge in [-0.2, -0.15) is 0 Å². The predicted octanol–water partition coefficient (Wildman–Crippen LogP) is 7.45. The van der Waals surface area contributed by atoms with E-state index in [4.69, 9.17) is 9.84 Å². The number of carbonyl (C=O) groups is 2. The molecule has 0 spiro atoms. The number of hydrogen-bond donors (Lipinski definition) is 3. The van der Waals surface area contributed by atoms with Gasteiger partial charge in [-0.3, -0.25) is 4.79 Å². The van der Waals surface area contributed by atoms with E-state index in [-0.39, 0.29) is 18.1 Å². The summed E-state index contributed by atoms with van der Waals surface area (Å²) in [5, 5.41) is 20.8. The van der Waals surface area contributed by atoms with Crippen molar-refractivity contribution in [3.63, 3.8) is 0 Å². The molecule has 0 saturated heterocycles. The van der Waals surface area contributed by atoms with Gasteiger partial charge in [-0.25, -0.2) is 4.79 Å². The van der Waals surface area contributed by atoms with E-state index in [1.807, 2.05) is 6.07 Å². The van der Waals surface area contributed by atoms with Crippen molar-refractivity contribution in [3.8, 4) is 16.9 Å². The third kappa shape index (κ3) is 8.42. The fraction of sp³-hybridized carbons (Fsp3) is 0.455. The molecule has 2 atom stereocenters. The molecule has 0 aliphatic rings. The van der Waals surface area contributed by atoms with Crippen LogP contribution in [-0.2, 0) is 10.2 Å². The molecule has 0 radical (unpaired) electrons. The van der Waals surface area contributed by atoms with Gasteiger partial charge >= 0.3 is 5.97 Å². The smallest absolute Gasteiger partial charge is 0.334 e. The molecule has 6 nitrogen and oxygen atoms in total. The van der Waals surface area contributed by atoms with Gasteiger partial charge in [-0.1, -0.05) is 65.3 Å². The lowest BCUT2D eigenvalue weighted by Gasteiger charge is -2.22. The molecule has 40 heavy (non-hydrogen) atoms. The number of nitrogens with one attached hydrogen (secondary N) is 1. The van der Waals surface area contributed by atoms with Crippen molar-refractivity contribution < 1.29 is 24.5 Å². The van der Waals surface area contributed by atoms with Crippen LogP contribution in [-0.4, -0.2) is 34.7 Å². The fourth-order valence-corrected chi connectivity index (χ4v) is 5.72. The zero-order valence-corrected chi connectivity index (χ0v) is 25.5. The van der Waals surface area contributed by atoms with E-state index >= 15 is 0 Å². The Balaban J connectivity index is 1.82. The average Bonchev–Trinajstić information content (AvgIpc) is 3.36. The highest BCUT2D eigenvalue weighted by Crippen LogP contribution is 2.36. The molecule has 2 aromatic carbocycles. The maximum absolute atomic E-state index is 12.6. The highest BCUT2D eigenvalue weighted by molar-refractivity contribution is 7.14. The molecule has 0 aliphatic heterocycles. The van der Waals surface area contributed by atoms with Crippen molar-refractivity contribution in [2.24, 2.45) is 5.92 Å². The molecule has 0 saturated carbocycles. The maximum atomic E-state index is 12.6. The van der Waals surface area contributed by atoms with E-state index in [9.17, 15) is 14.7 Å². The van der Waals surface area contributed by atoms with Gasteiger partial charge in [0.1, 0.15) is 11.9 Å². The van der Waals surface area contributed by atoms with E-state index in [2.05, 4.69) is 90.2 Å². The second kappa shape index (κ2) is 13.5. The van der Waals surface area contributed by atoms with Gasteiger partial charge in [0.05, 0.1) is 11.4 Å². The Morgan fingerprint density at radius 1 is 0.975 bits per heavy atom. The minimum atomic E-state index is -1.64. The molecule has 3 aromatic rings. The van der Waals surface area contributed by atoms with E-state index in [0.29, 0.717) is 10.8 Å². The Bertz CT molecular complexity index is 1280. The number of benzene rings is 2. The third-order valence-electron chi connectivity index (χ3n) is 6.98. The standard InChI is InChI=1S/C33H43NO5S/c1-20(2)9-8-10-27(28-15-16-29(40-28)31(36)34-19-26(35)32(37)38)39-25-17-21(3)30(22(4)18-25)23-11-13-24(14-12-23)33(5,6)7/h11-18,20,26-27,35H,8-10,19H2,1-7H3,(H,34,36)(H,37,38)/t26-,27?/m1/s1. The van der Waals surface area contributed by atoms with Crippen LogP contribution in [0.2, 0.25) is 0 Å². The van der Waals surface area contributed by atoms with Crippen LogP contribution in [0.1, 0.15) is 91.2 Å². The van der Waals surface area contributed by atoms with E-state index in [0.717, 1.165) is 41.0 Å². The van der Waals surface area contributed by atoms with Gasteiger partial charge < -0.3 is 20.3 Å². The molecule has 0 aliphatic carbocycles. The minimum Gasteiger partial charge on any atom is -0.485 e. The quantitative estimate of drug-likeness (QED) is 0.212. The first-order valence-electron chi connectivity index (χ1n) is 13.9. The van der Waals surface area contributed by atoms with Gasteiger partial charge in [0.15, 0.2) is 6.10 Å². The van der Waals surface area contributed by atoms with Gasteiger partial charge in [0, 0.05) is 4.88 Å². The molecule has 3 N–H and O–H groups in total. The number of aliphatic hydroxyl groups is 1. The Kier molecular flexibility index (Phi) is 10.6. The summed E-state index contributed by atoms with van der Waals surface area (Å²) in [4.78, 5) is 24.8. The summed E-state index contributed by atoms with van der Waals surface area (Å²) >= 11 is 1.33. The monoisotopic (exact) mass is 565 g/mol. The summed E-state index contributed by atoms with van der Waals surface area (Å²) in [6.07, 6.45) is 1.02. The minimum absolute atomic E-state index is 0.104. The lowest BCUT2D eigenvalue weighted by atomic mass is 9.85. The predicted molar refractivity (Wildman–Crippen MR) is 162 cm³/mol. The van der Waals surface area contributed by atoms with Crippen molar-refractivity contribution in [2.75, 3.05) is 6.54 Å². The van der Waals surface area contributed by atoms with Crippen LogP contribution >= 0.6 is 11.3 Å². The number of rotatable bonds is 12. The highest BCUT2D eigenvalue weighted by atomic mass is 32.1. The Hall–Kier alpha value is -3.16. The van der Waals surface area contributed by atoms with Crippen LogP contribution in [0.15, 0.2) is 48.5 Å². The molecule has 1 heterocycles. The van der Waals surface area contributed by atoms with Crippen LogP contribution < -0.4 is 10.1 Å². The number of carboxylic acids is 1. The number of thiophene rings is 1. The summed E-state index contributed by atoms with van der Waals surface area (Å²) in [7, 11) is 0. The van der Waals surface area contributed by atoms with Crippen molar-refractivity contribution in [1.29, 1.82) is 0 Å².